The standard InChI is InChI=1S/C14H25N3O/c1-6-17(12(2)10-15(3)4)11-14(18)13-8-7-9-16(13)5/h7-9,12H,6,10-11H2,1-5H3. The summed E-state index contributed by atoms with van der Waals surface area (Å²) >= 11 is 0. The number of aryl methyl sites for hydroxylation is 1. The fourth-order valence-corrected chi connectivity index (χ4v) is 2.24. The van der Waals surface area contributed by atoms with E-state index in [9.17, 15) is 4.79 Å². The van der Waals surface area contributed by atoms with Crippen molar-refractivity contribution in [1.82, 2.24) is 14.4 Å². The molecule has 0 spiro atoms. The molecule has 18 heavy (non-hydrogen) atoms. The Morgan fingerprint density at radius 3 is 2.56 bits per heavy atom. The second-order valence-electron chi connectivity index (χ2n) is 5.10. The van der Waals surface area contributed by atoms with Crippen molar-refractivity contribution in [3.8, 4) is 0 Å². The highest BCUT2D eigenvalue weighted by Gasteiger charge is 2.18. The Morgan fingerprint density at radius 2 is 2.11 bits per heavy atom. The summed E-state index contributed by atoms with van der Waals surface area (Å²) in [4.78, 5) is 16.6. The Hall–Kier alpha value is -1.13. The summed E-state index contributed by atoms with van der Waals surface area (Å²) in [5.74, 6) is 0.190. The van der Waals surface area contributed by atoms with E-state index < -0.39 is 0 Å². The maximum Gasteiger partial charge on any atom is 0.193 e. The first-order valence-corrected chi connectivity index (χ1v) is 6.49. The van der Waals surface area contributed by atoms with Gasteiger partial charge in [0.05, 0.1) is 12.2 Å². The van der Waals surface area contributed by atoms with Crippen LogP contribution >= 0.6 is 0 Å². The Labute approximate surface area is 110 Å². The highest BCUT2D eigenvalue weighted by molar-refractivity contribution is 5.96. The van der Waals surface area contributed by atoms with Crippen LogP contribution in [0.15, 0.2) is 18.3 Å². The normalized spacial score (nSPS) is 13.3. The lowest BCUT2D eigenvalue weighted by molar-refractivity contribution is 0.0880. The summed E-state index contributed by atoms with van der Waals surface area (Å²) in [5, 5.41) is 0. The molecule has 0 N–H and O–H groups in total. The number of likely N-dealkylation sites (N-methyl/N-ethyl adjacent to an activating group) is 2. The van der Waals surface area contributed by atoms with Crippen molar-refractivity contribution in [2.45, 2.75) is 19.9 Å². The quantitative estimate of drug-likeness (QED) is 0.687. The fourth-order valence-electron chi connectivity index (χ4n) is 2.24. The number of ketones is 1. The Kier molecular flexibility index (Phi) is 5.56. The van der Waals surface area contributed by atoms with Crippen molar-refractivity contribution in [3.63, 3.8) is 0 Å². The minimum absolute atomic E-state index is 0.190. The first-order chi connectivity index (χ1) is 8.45. The number of rotatable bonds is 7. The van der Waals surface area contributed by atoms with Crippen molar-refractivity contribution < 1.29 is 4.79 Å². The van der Waals surface area contributed by atoms with Crippen LogP contribution in [0.2, 0.25) is 0 Å². The molecule has 0 saturated carbocycles. The number of Topliss-reactive ketones (excluding diaryl/α,β-unsaturated/α-hetero) is 1. The molecule has 4 heteroatoms. The zero-order valence-corrected chi connectivity index (χ0v) is 12.2. The van der Waals surface area contributed by atoms with Crippen LogP contribution in [0, 0.1) is 0 Å². The molecule has 1 aromatic heterocycles. The predicted molar refractivity (Wildman–Crippen MR) is 75.0 cm³/mol. The van der Waals surface area contributed by atoms with Gasteiger partial charge in [0.1, 0.15) is 0 Å². The van der Waals surface area contributed by atoms with Gasteiger partial charge in [-0.3, -0.25) is 9.69 Å². The van der Waals surface area contributed by atoms with Crippen LogP contribution in [0.25, 0.3) is 0 Å². The van der Waals surface area contributed by atoms with Gasteiger partial charge in [-0.1, -0.05) is 6.92 Å². The summed E-state index contributed by atoms with van der Waals surface area (Å²) in [6.07, 6.45) is 1.91. The van der Waals surface area contributed by atoms with E-state index in [0.717, 1.165) is 18.8 Å². The van der Waals surface area contributed by atoms with Gasteiger partial charge in [-0.25, -0.2) is 0 Å². The van der Waals surface area contributed by atoms with E-state index in [1.54, 1.807) is 0 Å². The number of hydrogen-bond acceptors (Lipinski definition) is 3. The molecule has 0 saturated heterocycles. The van der Waals surface area contributed by atoms with Crippen molar-refractivity contribution in [2.75, 3.05) is 33.7 Å². The van der Waals surface area contributed by atoms with E-state index in [4.69, 9.17) is 0 Å². The third-order valence-corrected chi connectivity index (χ3v) is 3.24. The summed E-state index contributed by atoms with van der Waals surface area (Å²) < 4.78 is 1.88. The third-order valence-electron chi connectivity index (χ3n) is 3.24. The van der Waals surface area contributed by atoms with E-state index in [2.05, 4.69) is 37.7 Å². The SMILES string of the molecule is CCN(CC(=O)c1cccn1C)C(C)CN(C)C. The van der Waals surface area contributed by atoms with Crippen LogP contribution in [-0.4, -0.2) is 59.9 Å². The summed E-state index contributed by atoms with van der Waals surface area (Å²) in [5.41, 5.74) is 0.783. The minimum atomic E-state index is 0.190. The third kappa shape index (κ3) is 3.96. The van der Waals surface area contributed by atoms with Crippen LogP contribution in [0.3, 0.4) is 0 Å². The predicted octanol–water partition coefficient (Wildman–Crippen LogP) is 1.48. The summed E-state index contributed by atoms with van der Waals surface area (Å²) in [6.45, 7) is 6.62. The topological polar surface area (TPSA) is 28.5 Å². The number of aromatic nitrogens is 1. The first-order valence-electron chi connectivity index (χ1n) is 6.49. The van der Waals surface area contributed by atoms with E-state index in [1.807, 2.05) is 29.9 Å². The lowest BCUT2D eigenvalue weighted by Crippen LogP contribution is -2.42. The zero-order chi connectivity index (χ0) is 13.7. The average Bonchev–Trinajstić information content (AvgIpc) is 2.70. The number of carbonyl (C=O) groups is 1. The molecule has 1 atom stereocenters. The van der Waals surface area contributed by atoms with Crippen LogP contribution < -0.4 is 0 Å². The molecule has 0 aliphatic carbocycles. The molecule has 1 unspecified atom stereocenters. The lowest BCUT2D eigenvalue weighted by Gasteiger charge is -2.29. The molecule has 0 radical (unpaired) electrons. The van der Waals surface area contributed by atoms with Crippen LogP contribution in [0.5, 0.6) is 0 Å². The molecule has 0 aliphatic heterocycles. The van der Waals surface area contributed by atoms with E-state index in [1.165, 1.54) is 0 Å². The van der Waals surface area contributed by atoms with Gasteiger partial charge in [0, 0.05) is 25.8 Å². The van der Waals surface area contributed by atoms with Crippen molar-refractivity contribution in [3.05, 3.63) is 24.0 Å². The highest BCUT2D eigenvalue weighted by Crippen LogP contribution is 2.06. The molecule has 0 amide bonds. The van der Waals surface area contributed by atoms with Crippen molar-refractivity contribution in [1.29, 1.82) is 0 Å². The van der Waals surface area contributed by atoms with Gasteiger partial charge in [-0.05, 0) is 39.7 Å². The molecule has 4 nitrogen and oxygen atoms in total. The molecular weight excluding hydrogens is 226 g/mol. The molecular formula is C14H25N3O. The second-order valence-corrected chi connectivity index (χ2v) is 5.10. The molecule has 1 aromatic rings. The Bertz CT molecular complexity index is 384. The average molecular weight is 251 g/mol. The second kappa shape index (κ2) is 6.71. The smallest absolute Gasteiger partial charge is 0.193 e. The van der Waals surface area contributed by atoms with Gasteiger partial charge >= 0.3 is 0 Å². The van der Waals surface area contributed by atoms with Gasteiger partial charge in [0.15, 0.2) is 5.78 Å². The molecule has 1 heterocycles. The number of hydrogen-bond donors (Lipinski definition) is 0. The monoisotopic (exact) mass is 251 g/mol. The number of carbonyl (C=O) groups excluding carboxylic acids is 1. The van der Waals surface area contributed by atoms with Gasteiger partial charge in [0.2, 0.25) is 0 Å². The number of nitrogens with zero attached hydrogens (tertiary/aromatic N) is 3. The Balaban J connectivity index is 2.63. The van der Waals surface area contributed by atoms with Gasteiger partial charge in [-0.2, -0.15) is 0 Å². The van der Waals surface area contributed by atoms with Crippen molar-refractivity contribution in [2.24, 2.45) is 7.05 Å². The van der Waals surface area contributed by atoms with Gasteiger partial charge in [0.25, 0.3) is 0 Å². The fraction of sp³-hybridized carbons (Fsp3) is 0.643. The molecule has 0 aliphatic rings. The summed E-state index contributed by atoms with van der Waals surface area (Å²) in [6, 6.07) is 4.17. The van der Waals surface area contributed by atoms with Crippen LogP contribution in [0.4, 0.5) is 0 Å². The summed E-state index contributed by atoms with van der Waals surface area (Å²) in [7, 11) is 6.03. The molecule has 1 rings (SSSR count). The van der Waals surface area contributed by atoms with E-state index >= 15 is 0 Å². The first kappa shape index (κ1) is 14.9. The van der Waals surface area contributed by atoms with Gasteiger partial charge in [-0.15, -0.1) is 0 Å². The largest absolute Gasteiger partial charge is 0.348 e. The lowest BCUT2D eigenvalue weighted by atomic mass is 10.2. The Morgan fingerprint density at radius 1 is 1.44 bits per heavy atom. The molecule has 102 valence electrons. The van der Waals surface area contributed by atoms with Crippen molar-refractivity contribution >= 4 is 5.78 Å². The van der Waals surface area contributed by atoms with E-state index in [0.29, 0.717) is 12.6 Å². The molecule has 0 fully saturated rings. The highest BCUT2D eigenvalue weighted by atomic mass is 16.1. The maximum atomic E-state index is 12.2. The van der Waals surface area contributed by atoms with Gasteiger partial charge < -0.3 is 9.47 Å². The minimum Gasteiger partial charge on any atom is -0.348 e. The maximum absolute atomic E-state index is 12.2. The zero-order valence-electron chi connectivity index (χ0n) is 12.2. The van der Waals surface area contributed by atoms with E-state index in [-0.39, 0.29) is 5.78 Å². The van der Waals surface area contributed by atoms with Crippen LogP contribution in [-0.2, 0) is 7.05 Å². The molecule has 0 bridgehead atoms. The van der Waals surface area contributed by atoms with Crippen LogP contribution in [0.1, 0.15) is 24.3 Å². The molecule has 0 aromatic carbocycles.